The largest absolute Gasteiger partial charge is 0.497 e. The van der Waals surface area contributed by atoms with Crippen LogP contribution >= 0.6 is 0 Å². The number of carbonyl (C=O) groups is 3. The van der Waals surface area contributed by atoms with Gasteiger partial charge in [0.05, 0.1) is 38.7 Å². The van der Waals surface area contributed by atoms with Crippen molar-refractivity contribution in [1.29, 1.82) is 0 Å². The smallest absolute Gasteiger partial charge is 0.310 e. The molecule has 0 radical (unpaired) electrons. The molecule has 2 aromatic rings. The molecular formula is C27H32N2O6. The summed E-state index contributed by atoms with van der Waals surface area (Å²) in [7, 11) is 3.19. The molecule has 186 valence electrons. The predicted molar refractivity (Wildman–Crippen MR) is 130 cm³/mol. The Morgan fingerprint density at radius 1 is 0.971 bits per heavy atom. The molecule has 0 bridgehead atoms. The quantitative estimate of drug-likeness (QED) is 0.563. The Bertz CT molecular complexity index is 1050. The molecule has 0 aromatic heterocycles. The van der Waals surface area contributed by atoms with E-state index in [0.29, 0.717) is 43.3 Å². The second-order valence-corrected chi connectivity index (χ2v) is 8.87. The number of nitrogens with zero attached hydrogens (tertiary/aromatic N) is 2. The van der Waals surface area contributed by atoms with Crippen LogP contribution in [0.25, 0.3) is 0 Å². The van der Waals surface area contributed by atoms with Crippen LogP contribution in [0.5, 0.6) is 11.5 Å². The van der Waals surface area contributed by atoms with Crippen LogP contribution in [0.3, 0.4) is 0 Å². The fourth-order valence-corrected chi connectivity index (χ4v) is 5.05. The van der Waals surface area contributed by atoms with Crippen molar-refractivity contribution in [2.75, 3.05) is 38.8 Å². The summed E-state index contributed by atoms with van der Waals surface area (Å²) in [6.45, 7) is 2.98. The van der Waals surface area contributed by atoms with Crippen LogP contribution in [0.2, 0.25) is 0 Å². The number of amides is 2. The molecular weight excluding hydrogens is 448 g/mol. The van der Waals surface area contributed by atoms with E-state index in [1.54, 1.807) is 43.1 Å². The third-order valence-corrected chi connectivity index (χ3v) is 6.80. The van der Waals surface area contributed by atoms with Gasteiger partial charge in [-0.2, -0.15) is 0 Å². The molecule has 4 rings (SSSR count). The average Bonchev–Trinajstić information content (AvgIpc) is 3.25. The summed E-state index contributed by atoms with van der Waals surface area (Å²) in [4.78, 5) is 42.9. The van der Waals surface area contributed by atoms with Gasteiger partial charge in [-0.1, -0.05) is 12.1 Å². The van der Waals surface area contributed by atoms with Gasteiger partial charge in [-0.05, 0) is 61.7 Å². The lowest BCUT2D eigenvalue weighted by Crippen LogP contribution is -2.46. The molecule has 3 atom stereocenters. The third kappa shape index (κ3) is 5.11. The number of esters is 1. The molecule has 2 amide bonds. The summed E-state index contributed by atoms with van der Waals surface area (Å²) in [6.07, 6.45) is 1.53. The second-order valence-electron chi connectivity index (χ2n) is 8.87. The van der Waals surface area contributed by atoms with Crippen molar-refractivity contribution < 1.29 is 28.6 Å². The Labute approximate surface area is 205 Å². The van der Waals surface area contributed by atoms with Crippen molar-refractivity contribution in [3.8, 4) is 11.5 Å². The summed E-state index contributed by atoms with van der Waals surface area (Å²) in [5.41, 5.74) is 1.56. The van der Waals surface area contributed by atoms with E-state index in [9.17, 15) is 14.4 Å². The lowest BCUT2D eigenvalue weighted by molar-refractivity contribution is -0.152. The topological polar surface area (TPSA) is 85.4 Å². The van der Waals surface area contributed by atoms with Crippen LogP contribution < -0.4 is 14.4 Å². The molecule has 0 saturated carbocycles. The zero-order chi connectivity index (χ0) is 24.9. The van der Waals surface area contributed by atoms with Crippen LogP contribution in [-0.4, -0.2) is 56.6 Å². The standard InChI is InChI=1S/C27H32N2O6/c1-4-35-27(32)19-6-5-15-28(17-19)26(31)23-16-24(30)29(20-9-13-22(34-3)14-10-20)25(23)18-7-11-21(33-2)12-8-18/h7-14,19,23,25H,4-6,15-17H2,1-3H3/t19-,23-,25-/m1/s1. The lowest BCUT2D eigenvalue weighted by Gasteiger charge is -2.35. The number of methoxy groups -OCH3 is 2. The normalized spacial score (nSPS) is 22.1. The van der Waals surface area contributed by atoms with E-state index in [1.165, 1.54) is 0 Å². The highest BCUT2D eigenvalue weighted by Crippen LogP contribution is 2.43. The maximum Gasteiger partial charge on any atom is 0.310 e. The van der Waals surface area contributed by atoms with Gasteiger partial charge in [0.15, 0.2) is 0 Å². The number of piperidine rings is 1. The maximum atomic E-state index is 13.8. The van der Waals surface area contributed by atoms with E-state index in [1.807, 2.05) is 36.4 Å². The number of hydrogen-bond donors (Lipinski definition) is 0. The lowest BCUT2D eigenvalue weighted by atomic mass is 9.90. The number of likely N-dealkylation sites (tertiary alicyclic amines) is 1. The molecule has 2 saturated heterocycles. The van der Waals surface area contributed by atoms with Gasteiger partial charge < -0.3 is 24.0 Å². The zero-order valence-corrected chi connectivity index (χ0v) is 20.4. The van der Waals surface area contributed by atoms with E-state index in [4.69, 9.17) is 14.2 Å². The molecule has 0 unspecified atom stereocenters. The molecule has 2 aromatic carbocycles. The van der Waals surface area contributed by atoms with Crippen molar-refractivity contribution in [2.45, 2.75) is 32.2 Å². The fraction of sp³-hybridized carbons (Fsp3) is 0.444. The molecule has 2 heterocycles. The third-order valence-electron chi connectivity index (χ3n) is 6.80. The number of anilines is 1. The fourth-order valence-electron chi connectivity index (χ4n) is 5.05. The van der Waals surface area contributed by atoms with Crippen LogP contribution in [0.15, 0.2) is 48.5 Å². The predicted octanol–water partition coefficient (Wildman–Crippen LogP) is 3.60. The number of hydrogen-bond acceptors (Lipinski definition) is 6. The molecule has 2 fully saturated rings. The summed E-state index contributed by atoms with van der Waals surface area (Å²) in [6, 6.07) is 14.3. The van der Waals surface area contributed by atoms with Gasteiger partial charge in [0.2, 0.25) is 11.8 Å². The van der Waals surface area contributed by atoms with Crippen molar-refractivity contribution in [3.63, 3.8) is 0 Å². The Morgan fingerprint density at radius 2 is 1.60 bits per heavy atom. The van der Waals surface area contributed by atoms with Crippen LogP contribution in [-0.2, 0) is 19.1 Å². The minimum atomic E-state index is -0.570. The minimum absolute atomic E-state index is 0.0993. The van der Waals surface area contributed by atoms with Crippen LogP contribution in [0.4, 0.5) is 5.69 Å². The number of carbonyl (C=O) groups excluding carboxylic acids is 3. The summed E-state index contributed by atoms with van der Waals surface area (Å²) in [5, 5.41) is 0. The van der Waals surface area contributed by atoms with Crippen molar-refractivity contribution in [2.24, 2.45) is 11.8 Å². The van der Waals surface area contributed by atoms with E-state index < -0.39 is 12.0 Å². The first-order valence-electron chi connectivity index (χ1n) is 12.0. The highest BCUT2D eigenvalue weighted by atomic mass is 16.5. The Morgan fingerprint density at radius 3 is 2.20 bits per heavy atom. The summed E-state index contributed by atoms with van der Waals surface area (Å²) >= 11 is 0. The van der Waals surface area contributed by atoms with Crippen molar-refractivity contribution in [1.82, 2.24) is 4.90 Å². The second kappa shape index (κ2) is 10.8. The van der Waals surface area contributed by atoms with E-state index >= 15 is 0 Å². The summed E-state index contributed by atoms with van der Waals surface area (Å²) < 4.78 is 15.8. The SMILES string of the molecule is CCOC(=O)[C@@H]1CCCN(C(=O)[C@@H]2CC(=O)N(c3ccc(OC)cc3)[C@@H]2c2ccc(OC)cc2)C1. The molecule has 0 spiro atoms. The average molecular weight is 481 g/mol. The molecule has 8 heteroatoms. The number of ether oxygens (including phenoxy) is 3. The zero-order valence-electron chi connectivity index (χ0n) is 20.4. The van der Waals surface area contributed by atoms with Crippen molar-refractivity contribution in [3.05, 3.63) is 54.1 Å². The van der Waals surface area contributed by atoms with E-state index in [-0.39, 0.29) is 30.1 Å². The van der Waals surface area contributed by atoms with Crippen LogP contribution in [0.1, 0.15) is 37.8 Å². The Balaban J connectivity index is 1.65. The van der Waals surface area contributed by atoms with Gasteiger partial charge in [0.25, 0.3) is 0 Å². The van der Waals surface area contributed by atoms with Gasteiger partial charge in [0, 0.05) is 25.2 Å². The highest BCUT2D eigenvalue weighted by Gasteiger charge is 2.47. The van der Waals surface area contributed by atoms with Crippen LogP contribution in [0, 0.1) is 11.8 Å². The molecule has 0 aliphatic carbocycles. The first kappa shape index (κ1) is 24.6. The minimum Gasteiger partial charge on any atom is -0.497 e. The number of rotatable bonds is 7. The Kier molecular flexibility index (Phi) is 7.58. The monoisotopic (exact) mass is 480 g/mol. The molecule has 2 aliphatic heterocycles. The highest BCUT2D eigenvalue weighted by molar-refractivity contribution is 6.01. The van der Waals surface area contributed by atoms with Gasteiger partial charge in [-0.25, -0.2) is 0 Å². The Hall–Kier alpha value is -3.55. The molecule has 2 aliphatic rings. The molecule has 35 heavy (non-hydrogen) atoms. The van der Waals surface area contributed by atoms with E-state index in [0.717, 1.165) is 12.0 Å². The van der Waals surface area contributed by atoms with Gasteiger partial charge >= 0.3 is 5.97 Å². The maximum absolute atomic E-state index is 13.8. The molecule has 8 nitrogen and oxygen atoms in total. The summed E-state index contributed by atoms with van der Waals surface area (Å²) in [5.74, 6) is -0.00467. The van der Waals surface area contributed by atoms with E-state index in [2.05, 4.69) is 0 Å². The van der Waals surface area contributed by atoms with Gasteiger partial charge in [-0.3, -0.25) is 14.4 Å². The van der Waals surface area contributed by atoms with Crippen molar-refractivity contribution >= 4 is 23.5 Å². The van der Waals surface area contributed by atoms with Gasteiger partial charge in [0.1, 0.15) is 11.5 Å². The first-order chi connectivity index (χ1) is 17.0. The molecule has 0 N–H and O–H groups in total. The number of benzene rings is 2. The first-order valence-corrected chi connectivity index (χ1v) is 12.0. The van der Waals surface area contributed by atoms with Gasteiger partial charge in [-0.15, -0.1) is 0 Å².